The van der Waals surface area contributed by atoms with Gasteiger partial charge in [0.05, 0.1) is 6.04 Å². The summed E-state index contributed by atoms with van der Waals surface area (Å²) >= 11 is 0. The van der Waals surface area contributed by atoms with Crippen molar-refractivity contribution in [2.24, 2.45) is 0 Å². The molecule has 0 amide bonds. The second kappa shape index (κ2) is 8.38. The topological polar surface area (TPSA) is 79.7 Å². The molecular weight excluding hydrogens is 424 g/mol. The molecule has 1 aliphatic heterocycles. The standard InChI is InChI=1S/C27H30N6O/c1-3-18-12-13-23-20(15-18)16-22(27(34)28-23)25(26-29-30-31-33(26)21-9-5-6-10-21)32-17(2)14-19-8-4-7-11-24(19)32/h4,7-8,11-13,15-17,21,25H,3,5-6,9-10,14H2,1-2H3,(H,28,34)/t17-,25+/m0/s1. The van der Waals surface area contributed by atoms with Gasteiger partial charge in [-0.15, -0.1) is 5.10 Å². The van der Waals surface area contributed by atoms with Crippen molar-refractivity contribution in [3.05, 3.63) is 81.4 Å². The van der Waals surface area contributed by atoms with Gasteiger partial charge in [0.2, 0.25) is 0 Å². The monoisotopic (exact) mass is 454 g/mol. The SMILES string of the molecule is CCc1ccc2[nH]c(=O)c([C@H](c3nnnn3C3CCCC3)N3c4ccccc4C[C@@H]3C)cc2c1. The van der Waals surface area contributed by atoms with Crippen LogP contribution >= 0.6 is 0 Å². The molecule has 2 aromatic carbocycles. The first-order valence-corrected chi connectivity index (χ1v) is 12.4. The van der Waals surface area contributed by atoms with Gasteiger partial charge in [0.15, 0.2) is 5.82 Å². The summed E-state index contributed by atoms with van der Waals surface area (Å²) in [4.78, 5) is 19.1. The van der Waals surface area contributed by atoms with Crippen LogP contribution in [-0.4, -0.2) is 31.2 Å². The maximum absolute atomic E-state index is 13.6. The molecule has 1 aliphatic carbocycles. The smallest absolute Gasteiger partial charge is 0.254 e. The molecule has 6 rings (SSSR count). The van der Waals surface area contributed by atoms with Gasteiger partial charge in [-0.2, -0.15) is 0 Å². The third-order valence-corrected chi connectivity index (χ3v) is 7.61. The Hall–Kier alpha value is -3.48. The van der Waals surface area contributed by atoms with Crippen molar-refractivity contribution in [3.8, 4) is 0 Å². The maximum atomic E-state index is 13.6. The fourth-order valence-corrected chi connectivity index (χ4v) is 5.88. The van der Waals surface area contributed by atoms with Crippen LogP contribution < -0.4 is 10.5 Å². The molecule has 0 bridgehead atoms. The van der Waals surface area contributed by atoms with Crippen LogP contribution in [0.2, 0.25) is 0 Å². The highest BCUT2D eigenvalue weighted by atomic mass is 16.1. The first kappa shape index (κ1) is 21.1. The van der Waals surface area contributed by atoms with E-state index in [1.54, 1.807) is 0 Å². The molecular formula is C27H30N6O. The predicted octanol–water partition coefficient (Wildman–Crippen LogP) is 4.73. The molecule has 1 saturated carbocycles. The number of benzene rings is 2. The molecule has 174 valence electrons. The van der Waals surface area contributed by atoms with Crippen molar-refractivity contribution in [1.29, 1.82) is 0 Å². The summed E-state index contributed by atoms with van der Waals surface area (Å²) in [7, 11) is 0. The van der Waals surface area contributed by atoms with Crippen molar-refractivity contribution >= 4 is 16.6 Å². The van der Waals surface area contributed by atoms with E-state index in [0.717, 1.165) is 48.1 Å². The predicted molar refractivity (Wildman–Crippen MR) is 133 cm³/mol. The lowest BCUT2D eigenvalue weighted by atomic mass is 10.0. The summed E-state index contributed by atoms with van der Waals surface area (Å²) in [5.41, 5.74) is 5.17. The summed E-state index contributed by atoms with van der Waals surface area (Å²) in [6.45, 7) is 4.37. The van der Waals surface area contributed by atoms with E-state index in [1.807, 2.05) is 10.7 Å². The second-order valence-corrected chi connectivity index (χ2v) is 9.74. The van der Waals surface area contributed by atoms with Gasteiger partial charge in [0.25, 0.3) is 5.56 Å². The fourth-order valence-electron chi connectivity index (χ4n) is 5.88. The van der Waals surface area contributed by atoms with Crippen molar-refractivity contribution < 1.29 is 0 Å². The van der Waals surface area contributed by atoms with E-state index in [4.69, 9.17) is 0 Å². The normalized spacial score (nSPS) is 19.1. The number of aromatic nitrogens is 5. The van der Waals surface area contributed by atoms with E-state index in [1.165, 1.54) is 24.0 Å². The first-order chi connectivity index (χ1) is 16.6. The third kappa shape index (κ3) is 3.42. The number of nitrogens with zero attached hydrogens (tertiary/aromatic N) is 5. The van der Waals surface area contributed by atoms with Crippen LogP contribution in [0, 0.1) is 0 Å². The van der Waals surface area contributed by atoms with Crippen LogP contribution in [0.4, 0.5) is 5.69 Å². The largest absolute Gasteiger partial charge is 0.354 e. The number of para-hydroxylation sites is 1. The number of tetrazole rings is 1. The van der Waals surface area contributed by atoms with Crippen molar-refractivity contribution in [2.75, 3.05) is 4.90 Å². The third-order valence-electron chi connectivity index (χ3n) is 7.61. The molecule has 34 heavy (non-hydrogen) atoms. The Kier molecular flexibility index (Phi) is 5.20. The highest BCUT2D eigenvalue weighted by Gasteiger charge is 2.39. The van der Waals surface area contributed by atoms with Crippen LogP contribution in [0.15, 0.2) is 53.3 Å². The van der Waals surface area contributed by atoms with E-state index < -0.39 is 0 Å². The molecule has 0 spiro atoms. The minimum absolute atomic E-state index is 0.0840. The molecule has 0 radical (unpaired) electrons. The number of nitrogens with one attached hydrogen (secondary N) is 1. The van der Waals surface area contributed by atoms with E-state index in [0.29, 0.717) is 5.56 Å². The number of fused-ring (bicyclic) bond motifs is 2. The summed E-state index contributed by atoms with van der Waals surface area (Å²) in [6, 6.07) is 16.9. The van der Waals surface area contributed by atoms with Crippen molar-refractivity contribution in [1.82, 2.24) is 25.2 Å². The van der Waals surface area contributed by atoms with E-state index in [9.17, 15) is 4.79 Å². The number of H-pyrrole nitrogens is 1. The van der Waals surface area contributed by atoms with E-state index in [-0.39, 0.29) is 23.7 Å². The Bertz CT molecular complexity index is 1400. The molecule has 0 unspecified atom stereocenters. The van der Waals surface area contributed by atoms with Crippen molar-refractivity contribution in [3.63, 3.8) is 0 Å². The lowest BCUT2D eigenvalue weighted by Crippen LogP contribution is -2.39. The van der Waals surface area contributed by atoms with E-state index >= 15 is 0 Å². The molecule has 3 heterocycles. The Balaban J connectivity index is 1.58. The van der Waals surface area contributed by atoms with Gasteiger partial charge in [-0.05, 0) is 83.8 Å². The molecule has 2 aromatic heterocycles. The minimum atomic E-state index is -0.368. The average Bonchev–Trinajstić information content (AvgIpc) is 3.60. The summed E-state index contributed by atoms with van der Waals surface area (Å²) in [5.74, 6) is 0.756. The zero-order valence-electron chi connectivity index (χ0n) is 19.7. The molecule has 1 N–H and O–H groups in total. The van der Waals surface area contributed by atoms with E-state index in [2.05, 4.69) is 81.7 Å². The van der Waals surface area contributed by atoms with Gasteiger partial charge < -0.3 is 9.88 Å². The highest BCUT2D eigenvalue weighted by Crippen LogP contribution is 2.42. The lowest BCUT2D eigenvalue weighted by Gasteiger charge is -2.34. The highest BCUT2D eigenvalue weighted by molar-refractivity contribution is 5.80. The van der Waals surface area contributed by atoms with Crippen LogP contribution in [0.1, 0.15) is 74.1 Å². The van der Waals surface area contributed by atoms with Crippen molar-refractivity contribution in [2.45, 2.75) is 70.5 Å². The van der Waals surface area contributed by atoms with Crippen LogP contribution in [0.5, 0.6) is 0 Å². The van der Waals surface area contributed by atoms with Crippen LogP contribution in [0.25, 0.3) is 10.9 Å². The fraction of sp³-hybridized carbons (Fsp3) is 0.407. The molecule has 1 fully saturated rings. The summed E-state index contributed by atoms with van der Waals surface area (Å²) in [6.07, 6.45) is 6.41. The summed E-state index contributed by atoms with van der Waals surface area (Å²) in [5, 5.41) is 14.1. The van der Waals surface area contributed by atoms with Gasteiger partial charge >= 0.3 is 0 Å². The van der Waals surface area contributed by atoms with Crippen LogP contribution in [-0.2, 0) is 12.8 Å². The maximum Gasteiger partial charge on any atom is 0.254 e. The number of hydrogen-bond donors (Lipinski definition) is 1. The molecule has 0 saturated heterocycles. The van der Waals surface area contributed by atoms with Crippen LogP contribution in [0.3, 0.4) is 0 Å². The van der Waals surface area contributed by atoms with Gasteiger partial charge in [-0.25, -0.2) is 4.68 Å². The molecule has 2 atom stereocenters. The Morgan fingerprint density at radius 2 is 1.94 bits per heavy atom. The zero-order chi connectivity index (χ0) is 23.2. The molecule has 7 heteroatoms. The number of rotatable bonds is 5. The molecule has 4 aromatic rings. The number of aryl methyl sites for hydroxylation is 1. The van der Waals surface area contributed by atoms with Gasteiger partial charge in [-0.1, -0.05) is 44.0 Å². The van der Waals surface area contributed by atoms with Gasteiger partial charge in [-0.3, -0.25) is 4.79 Å². The van der Waals surface area contributed by atoms with Gasteiger partial charge in [0, 0.05) is 22.8 Å². The molecule has 2 aliphatic rings. The Morgan fingerprint density at radius 3 is 2.76 bits per heavy atom. The average molecular weight is 455 g/mol. The Morgan fingerprint density at radius 1 is 1.12 bits per heavy atom. The number of hydrogen-bond acceptors (Lipinski definition) is 5. The first-order valence-electron chi connectivity index (χ1n) is 12.4. The van der Waals surface area contributed by atoms with Gasteiger partial charge in [0.1, 0.15) is 6.04 Å². The zero-order valence-corrected chi connectivity index (χ0v) is 19.7. The minimum Gasteiger partial charge on any atom is -0.354 e. The number of anilines is 1. The lowest BCUT2D eigenvalue weighted by molar-refractivity contribution is 0.423. The number of pyridine rings is 1. The summed E-state index contributed by atoms with van der Waals surface area (Å²) < 4.78 is 2.00. The molecule has 7 nitrogen and oxygen atoms in total. The second-order valence-electron chi connectivity index (χ2n) is 9.74. The Labute approximate surface area is 198 Å². The number of aromatic amines is 1. The quantitative estimate of drug-likeness (QED) is 0.471.